The third kappa shape index (κ3) is 5.05. The zero-order chi connectivity index (χ0) is 16.8. The molecule has 0 spiro atoms. The molecule has 1 unspecified atom stereocenters. The largest absolute Gasteiger partial charge is 0.332 e. The maximum absolute atomic E-state index is 12.1. The molecule has 0 saturated heterocycles. The minimum Gasteiger partial charge on any atom is -0.332 e. The third-order valence-corrected chi connectivity index (χ3v) is 4.14. The first-order chi connectivity index (χ1) is 11.0. The van der Waals surface area contributed by atoms with Crippen molar-refractivity contribution in [2.24, 2.45) is 0 Å². The Kier molecular flexibility index (Phi) is 6.13. The third-order valence-electron chi connectivity index (χ3n) is 3.68. The smallest absolute Gasteiger partial charge is 0.257 e. The molecular weight excluding hydrogens is 328 g/mol. The predicted molar refractivity (Wildman–Crippen MR) is 100 cm³/mol. The fourth-order valence-corrected chi connectivity index (χ4v) is 2.41. The first-order valence-electron chi connectivity index (χ1n) is 7.47. The highest BCUT2D eigenvalue weighted by molar-refractivity contribution is 7.80. The van der Waals surface area contributed by atoms with Gasteiger partial charge < -0.3 is 5.32 Å². The highest BCUT2D eigenvalue weighted by atomic mass is 35.5. The van der Waals surface area contributed by atoms with Gasteiger partial charge in [-0.1, -0.05) is 37.6 Å². The van der Waals surface area contributed by atoms with Crippen molar-refractivity contribution in [3.8, 4) is 0 Å². The quantitative estimate of drug-likeness (QED) is 0.767. The van der Waals surface area contributed by atoms with E-state index in [0.29, 0.717) is 16.5 Å². The van der Waals surface area contributed by atoms with Crippen molar-refractivity contribution >= 4 is 40.5 Å². The maximum atomic E-state index is 12.1. The van der Waals surface area contributed by atoms with E-state index in [0.717, 1.165) is 12.1 Å². The predicted octanol–water partition coefficient (Wildman–Crippen LogP) is 4.98. The molecule has 120 valence electrons. The van der Waals surface area contributed by atoms with Crippen LogP contribution in [0.3, 0.4) is 0 Å². The molecule has 1 atom stereocenters. The average Bonchev–Trinajstić information content (AvgIpc) is 2.55. The second-order valence-corrected chi connectivity index (χ2v) is 6.19. The fourth-order valence-electron chi connectivity index (χ4n) is 2.07. The summed E-state index contributed by atoms with van der Waals surface area (Å²) in [6, 6.07) is 14.7. The summed E-state index contributed by atoms with van der Waals surface area (Å²) in [5.74, 6) is 0.260. The Hall–Kier alpha value is -1.91. The summed E-state index contributed by atoms with van der Waals surface area (Å²) < 4.78 is 0. The highest BCUT2D eigenvalue weighted by Gasteiger charge is 2.08. The molecule has 0 aliphatic rings. The molecule has 2 rings (SSSR count). The molecule has 0 heterocycles. The van der Waals surface area contributed by atoms with Gasteiger partial charge in [-0.15, -0.1) is 0 Å². The molecule has 0 aliphatic carbocycles. The number of hydrogen-bond acceptors (Lipinski definition) is 2. The molecular formula is C18H19ClN2OS. The Morgan fingerprint density at radius 3 is 2.30 bits per heavy atom. The topological polar surface area (TPSA) is 41.1 Å². The number of thiocarbonyl (C=S) groups is 1. The highest BCUT2D eigenvalue weighted by Crippen LogP contribution is 2.20. The number of hydrogen-bond donors (Lipinski definition) is 2. The lowest BCUT2D eigenvalue weighted by Gasteiger charge is -2.12. The molecule has 0 aromatic heterocycles. The van der Waals surface area contributed by atoms with E-state index in [1.54, 1.807) is 24.3 Å². The van der Waals surface area contributed by atoms with Crippen molar-refractivity contribution in [1.82, 2.24) is 5.32 Å². The van der Waals surface area contributed by atoms with Gasteiger partial charge in [0.1, 0.15) is 0 Å². The summed E-state index contributed by atoms with van der Waals surface area (Å²) >= 11 is 11.0. The number of carbonyl (C=O) groups is 1. The van der Waals surface area contributed by atoms with Gasteiger partial charge in [-0.05, 0) is 66.5 Å². The second-order valence-electron chi connectivity index (χ2n) is 5.35. The molecule has 0 aliphatic heterocycles. The van der Waals surface area contributed by atoms with Gasteiger partial charge in [-0.3, -0.25) is 10.1 Å². The van der Waals surface area contributed by atoms with E-state index in [-0.39, 0.29) is 11.0 Å². The van der Waals surface area contributed by atoms with E-state index in [2.05, 4.69) is 36.6 Å². The van der Waals surface area contributed by atoms with E-state index in [9.17, 15) is 4.79 Å². The van der Waals surface area contributed by atoms with Crippen LogP contribution in [0, 0.1) is 0 Å². The Morgan fingerprint density at radius 2 is 1.74 bits per heavy atom. The molecule has 0 bridgehead atoms. The summed E-state index contributed by atoms with van der Waals surface area (Å²) in [6.07, 6.45) is 1.10. The molecule has 2 aromatic carbocycles. The number of halogens is 1. The van der Waals surface area contributed by atoms with E-state index >= 15 is 0 Å². The first-order valence-corrected chi connectivity index (χ1v) is 8.26. The zero-order valence-electron chi connectivity index (χ0n) is 13.1. The van der Waals surface area contributed by atoms with E-state index < -0.39 is 0 Å². The van der Waals surface area contributed by atoms with Crippen molar-refractivity contribution in [3.05, 3.63) is 64.7 Å². The fraction of sp³-hybridized carbons (Fsp3) is 0.222. The molecule has 2 N–H and O–H groups in total. The minimum absolute atomic E-state index is 0.265. The van der Waals surface area contributed by atoms with Crippen LogP contribution < -0.4 is 10.6 Å². The molecule has 3 nitrogen and oxygen atoms in total. The van der Waals surface area contributed by atoms with Gasteiger partial charge in [0.2, 0.25) is 0 Å². The average molecular weight is 347 g/mol. The summed E-state index contributed by atoms with van der Waals surface area (Å²) in [5, 5.41) is 6.51. The van der Waals surface area contributed by atoms with Gasteiger partial charge in [0, 0.05) is 16.3 Å². The molecule has 23 heavy (non-hydrogen) atoms. The van der Waals surface area contributed by atoms with Gasteiger partial charge in [0.25, 0.3) is 5.91 Å². The number of amides is 1. The molecule has 1 amide bonds. The molecule has 0 radical (unpaired) electrons. The summed E-state index contributed by atoms with van der Waals surface area (Å²) in [5.41, 5.74) is 2.64. The van der Waals surface area contributed by atoms with Gasteiger partial charge in [-0.25, -0.2) is 0 Å². The number of nitrogens with one attached hydrogen (secondary N) is 2. The van der Waals surface area contributed by atoms with Gasteiger partial charge in [0.15, 0.2) is 5.11 Å². The van der Waals surface area contributed by atoms with E-state index in [4.69, 9.17) is 23.8 Å². The van der Waals surface area contributed by atoms with E-state index in [1.165, 1.54) is 5.56 Å². The van der Waals surface area contributed by atoms with Gasteiger partial charge >= 0.3 is 0 Å². The van der Waals surface area contributed by atoms with E-state index in [1.807, 2.05) is 12.1 Å². The molecule has 0 fully saturated rings. The van der Waals surface area contributed by atoms with Gasteiger partial charge in [0.05, 0.1) is 0 Å². The normalized spacial score (nSPS) is 11.6. The van der Waals surface area contributed by atoms with Crippen molar-refractivity contribution in [2.75, 3.05) is 5.32 Å². The minimum atomic E-state index is -0.268. The summed E-state index contributed by atoms with van der Waals surface area (Å²) in [6.45, 7) is 4.36. The van der Waals surface area contributed by atoms with Crippen molar-refractivity contribution in [1.29, 1.82) is 0 Å². The zero-order valence-corrected chi connectivity index (χ0v) is 14.7. The van der Waals surface area contributed by atoms with Crippen LogP contribution in [0.5, 0.6) is 0 Å². The monoisotopic (exact) mass is 346 g/mol. The molecule has 0 saturated carbocycles. The molecule has 2 aromatic rings. The van der Waals surface area contributed by atoms with Crippen LogP contribution in [0.1, 0.15) is 42.1 Å². The number of rotatable bonds is 4. The summed E-state index contributed by atoms with van der Waals surface area (Å²) in [7, 11) is 0. The number of benzene rings is 2. The number of carbonyl (C=O) groups excluding carboxylic acids is 1. The van der Waals surface area contributed by atoms with Crippen molar-refractivity contribution in [2.45, 2.75) is 26.2 Å². The SMILES string of the molecule is CCC(C)c1ccc(NC(=S)NC(=O)c2ccc(Cl)cc2)cc1. The Balaban J connectivity index is 1.94. The summed E-state index contributed by atoms with van der Waals surface area (Å²) in [4.78, 5) is 12.1. The van der Waals surface area contributed by atoms with Crippen LogP contribution in [0.4, 0.5) is 5.69 Å². The maximum Gasteiger partial charge on any atom is 0.257 e. The Morgan fingerprint density at radius 1 is 1.13 bits per heavy atom. The van der Waals surface area contributed by atoms with Crippen molar-refractivity contribution < 1.29 is 4.79 Å². The van der Waals surface area contributed by atoms with Gasteiger partial charge in [-0.2, -0.15) is 0 Å². The Bertz CT molecular complexity index is 683. The lowest BCUT2D eigenvalue weighted by atomic mass is 9.99. The Labute approximate surface area is 147 Å². The lowest BCUT2D eigenvalue weighted by Crippen LogP contribution is -2.34. The van der Waals surface area contributed by atoms with Crippen LogP contribution >= 0.6 is 23.8 Å². The second kappa shape index (κ2) is 8.09. The standard InChI is InChI=1S/C18H19ClN2OS/c1-3-12(2)13-6-10-16(11-7-13)20-18(23)21-17(22)14-4-8-15(19)9-5-14/h4-12H,3H2,1-2H3,(H2,20,21,22,23). The number of anilines is 1. The van der Waals surface area contributed by atoms with Crippen LogP contribution in [-0.4, -0.2) is 11.0 Å². The van der Waals surface area contributed by atoms with Crippen LogP contribution in [0.25, 0.3) is 0 Å². The van der Waals surface area contributed by atoms with Crippen molar-refractivity contribution in [3.63, 3.8) is 0 Å². The van der Waals surface area contributed by atoms with Crippen LogP contribution in [-0.2, 0) is 0 Å². The van der Waals surface area contributed by atoms with Crippen LogP contribution in [0.15, 0.2) is 48.5 Å². The molecule has 5 heteroatoms. The van der Waals surface area contributed by atoms with Crippen LogP contribution in [0.2, 0.25) is 5.02 Å². The lowest BCUT2D eigenvalue weighted by molar-refractivity contribution is 0.0978. The first kappa shape index (κ1) is 17.4.